The van der Waals surface area contributed by atoms with Gasteiger partial charge in [0.1, 0.15) is 5.82 Å². The first-order valence-corrected chi connectivity index (χ1v) is 9.06. The minimum absolute atomic E-state index is 0.236. The van der Waals surface area contributed by atoms with Gasteiger partial charge < -0.3 is 16.0 Å². The number of carbonyl (C=O) groups is 1. The molecule has 4 N–H and O–H groups in total. The van der Waals surface area contributed by atoms with Crippen molar-refractivity contribution in [1.29, 1.82) is 0 Å². The Labute approximate surface area is 154 Å². The predicted octanol–water partition coefficient (Wildman–Crippen LogP) is 2.74. The Kier molecular flexibility index (Phi) is 4.86. The number of H-pyrrole nitrogens is 1. The van der Waals surface area contributed by atoms with Crippen molar-refractivity contribution >= 4 is 28.5 Å². The van der Waals surface area contributed by atoms with Gasteiger partial charge in [0.05, 0.1) is 5.54 Å². The summed E-state index contributed by atoms with van der Waals surface area (Å²) in [7, 11) is 0. The fraction of sp³-hybridized carbons (Fsp3) is 0.278. The number of nitrogens with zero attached hydrogens (tertiary/aromatic N) is 1. The molecule has 136 valence electrons. The molecular formula is C18H19FN4O2S. The van der Waals surface area contributed by atoms with Crippen molar-refractivity contribution in [2.24, 2.45) is 10.7 Å². The second-order valence-corrected chi connectivity index (χ2v) is 7.50. The first-order chi connectivity index (χ1) is 12.3. The normalized spacial score (nSPS) is 19.7. The average Bonchev–Trinajstić information content (AvgIpc) is 2.55. The lowest BCUT2D eigenvalue weighted by molar-refractivity contribution is 0.102. The van der Waals surface area contributed by atoms with Gasteiger partial charge in [-0.2, -0.15) is 0 Å². The van der Waals surface area contributed by atoms with Crippen molar-refractivity contribution in [2.45, 2.75) is 25.8 Å². The number of hydrogen-bond donors (Lipinski definition) is 3. The number of thioether (sulfide) groups is 1. The molecule has 1 aromatic heterocycles. The smallest absolute Gasteiger partial charge is 0.255 e. The number of pyridine rings is 1. The topological polar surface area (TPSA) is 100 Å². The number of carbonyl (C=O) groups excluding carboxylic acids is 1. The maximum absolute atomic E-state index is 14.4. The highest BCUT2D eigenvalue weighted by molar-refractivity contribution is 8.13. The number of aromatic amines is 1. The lowest BCUT2D eigenvalue weighted by atomic mass is 9.89. The average molecular weight is 374 g/mol. The summed E-state index contributed by atoms with van der Waals surface area (Å²) in [4.78, 5) is 30.9. The zero-order valence-corrected chi connectivity index (χ0v) is 15.2. The van der Waals surface area contributed by atoms with Crippen molar-refractivity contribution in [2.75, 3.05) is 11.1 Å². The van der Waals surface area contributed by atoms with Gasteiger partial charge in [-0.3, -0.25) is 14.6 Å². The Bertz CT molecular complexity index is 956. The molecule has 8 heteroatoms. The number of rotatable bonds is 3. The second-order valence-electron chi connectivity index (χ2n) is 6.39. The fourth-order valence-corrected chi connectivity index (χ4v) is 3.89. The van der Waals surface area contributed by atoms with Gasteiger partial charge in [-0.25, -0.2) is 4.39 Å². The number of aliphatic imine (C=N–C) groups is 1. The minimum atomic E-state index is -0.777. The van der Waals surface area contributed by atoms with E-state index in [9.17, 15) is 14.0 Å². The molecule has 0 spiro atoms. The molecule has 1 atom stereocenters. The van der Waals surface area contributed by atoms with E-state index in [1.54, 1.807) is 19.1 Å². The number of benzene rings is 1. The third-order valence-corrected chi connectivity index (χ3v) is 5.04. The van der Waals surface area contributed by atoms with E-state index < -0.39 is 17.3 Å². The van der Waals surface area contributed by atoms with Crippen LogP contribution in [0.5, 0.6) is 0 Å². The van der Waals surface area contributed by atoms with Gasteiger partial charge in [-0.05, 0) is 44.5 Å². The van der Waals surface area contributed by atoms with E-state index in [0.717, 1.165) is 5.75 Å². The highest BCUT2D eigenvalue weighted by atomic mass is 32.2. The van der Waals surface area contributed by atoms with Crippen LogP contribution in [-0.4, -0.2) is 21.8 Å². The lowest BCUT2D eigenvalue weighted by Gasteiger charge is -2.30. The first-order valence-electron chi connectivity index (χ1n) is 8.07. The number of aryl methyl sites for hydroxylation is 1. The monoisotopic (exact) mass is 374 g/mol. The zero-order chi connectivity index (χ0) is 18.9. The van der Waals surface area contributed by atoms with E-state index in [2.05, 4.69) is 15.3 Å². The predicted molar refractivity (Wildman–Crippen MR) is 102 cm³/mol. The Morgan fingerprint density at radius 3 is 2.85 bits per heavy atom. The van der Waals surface area contributed by atoms with Crippen molar-refractivity contribution in [3.8, 4) is 0 Å². The van der Waals surface area contributed by atoms with Gasteiger partial charge in [-0.1, -0.05) is 11.8 Å². The van der Waals surface area contributed by atoms with Crippen LogP contribution in [0.25, 0.3) is 0 Å². The van der Waals surface area contributed by atoms with Crippen LogP contribution >= 0.6 is 11.8 Å². The molecule has 0 aliphatic carbocycles. The van der Waals surface area contributed by atoms with Crippen LogP contribution < -0.4 is 16.6 Å². The van der Waals surface area contributed by atoms with E-state index in [-0.39, 0.29) is 11.1 Å². The molecule has 0 saturated carbocycles. The Balaban J connectivity index is 1.91. The SMILES string of the molecule is Cc1cc(C(=O)Nc2ccc(F)c(C3(C)CCSC(N)=N3)c2)cc(=O)[nH]1. The van der Waals surface area contributed by atoms with E-state index in [1.165, 1.54) is 30.0 Å². The highest BCUT2D eigenvalue weighted by Gasteiger charge is 2.32. The molecule has 0 fully saturated rings. The summed E-state index contributed by atoms with van der Waals surface area (Å²) < 4.78 is 14.4. The van der Waals surface area contributed by atoms with Gasteiger partial charge in [0.15, 0.2) is 5.17 Å². The van der Waals surface area contributed by atoms with Crippen LogP contribution in [0.4, 0.5) is 10.1 Å². The molecule has 3 rings (SSSR count). The quantitative estimate of drug-likeness (QED) is 0.769. The third kappa shape index (κ3) is 3.80. The van der Waals surface area contributed by atoms with Gasteiger partial charge in [0, 0.05) is 34.3 Å². The molecule has 1 aliphatic heterocycles. The summed E-state index contributed by atoms with van der Waals surface area (Å²) in [6.07, 6.45) is 0.639. The number of halogens is 1. The summed E-state index contributed by atoms with van der Waals surface area (Å²) in [5.41, 5.74) is 6.30. The number of amidine groups is 1. The molecule has 0 saturated heterocycles. The van der Waals surface area contributed by atoms with E-state index in [4.69, 9.17) is 5.73 Å². The molecule has 0 radical (unpaired) electrons. The summed E-state index contributed by atoms with van der Waals surface area (Å²) in [6.45, 7) is 3.52. The summed E-state index contributed by atoms with van der Waals surface area (Å²) >= 11 is 1.44. The summed E-state index contributed by atoms with van der Waals surface area (Å²) in [5, 5.41) is 3.13. The second kappa shape index (κ2) is 6.95. The maximum atomic E-state index is 14.4. The molecule has 0 bridgehead atoms. The Hall–Kier alpha value is -2.61. The van der Waals surface area contributed by atoms with Gasteiger partial charge in [0.25, 0.3) is 5.91 Å². The molecule has 1 amide bonds. The molecule has 2 heterocycles. The van der Waals surface area contributed by atoms with Crippen LogP contribution in [0.15, 0.2) is 40.1 Å². The first kappa shape index (κ1) is 18.2. The number of nitrogens with two attached hydrogens (primary N) is 1. The number of hydrogen-bond acceptors (Lipinski definition) is 5. The van der Waals surface area contributed by atoms with Crippen LogP contribution in [0, 0.1) is 12.7 Å². The Morgan fingerprint density at radius 2 is 2.15 bits per heavy atom. The number of nitrogens with one attached hydrogen (secondary N) is 2. The van der Waals surface area contributed by atoms with Crippen molar-refractivity contribution < 1.29 is 9.18 Å². The van der Waals surface area contributed by atoms with E-state index >= 15 is 0 Å². The van der Waals surface area contributed by atoms with Crippen molar-refractivity contribution in [1.82, 2.24) is 4.98 Å². The van der Waals surface area contributed by atoms with Gasteiger partial charge in [-0.15, -0.1) is 0 Å². The highest BCUT2D eigenvalue weighted by Crippen LogP contribution is 2.37. The van der Waals surface area contributed by atoms with Crippen LogP contribution in [0.1, 0.15) is 35.0 Å². The van der Waals surface area contributed by atoms with Gasteiger partial charge in [0.2, 0.25) is 5.56 Å². The van der Waals surface area contributed by atoms with E-state index in [0.29, 0.717) is 28.5 Å². The molecule has 2 aromatic rings. The van der Waals surface area contributed by atoms with Crippen molar-refractivity contribution in [3.63, 3.8) is 0 Å². The summed E-state index contributed by atoms with van der Waals surface area (Å²) in [6, 6.07) is 7.14. The van der Waals surface area contributed by atoms with Crippen molar-refractivity contribution in [3.05, 3.63) is 63.3 Å². The molecule has 1 aliphatic rings. The minimum Gasteiger partial charge on any atom is -0.379 e. The van der Waals surface area contributed by atoms with Crippen LogP contribution in [0.3, 0.4) is 0 Å². The molecular weight excluding hydrogens is 355 g/mol. The molecule has 1 unspecified atom stereocenters. The van der Waals surface area contributed by atoms with Gasteiger partial charge >= 0.3 is 0 Å². The molecule has 6 nitrogen and oxygen atoms in total. The largest absolute Gasteiger partial charge is 0.379 e. The standard InChI is InChI=1S/C18H19FN4O2S/c1-10-7-11(8-15(24)21-10)16(25)22-12-3-4-14(19)13(9-12)18(2)5-6-26-17(20)23-18/h3-4,7-9H,5-6H2,1-2H3,(H2,20,23)(H,21,24)(H,22,25). The third-order valence-electron chi connectivity index (χ3n) is 4.24. The van der Waals surface area contributed by atoms with E-state index in [1.807, 2.05) is 6.92 Å². The van der Waals surface area contributed by atoms with Crippen LogP contribution in [-0.2, 0) is 5.54 Å². The maximum Gasteiger partial charge on any atom is 0.255 e. The van der Waals surface area contributed by atoms with Crippen LogP contribution in [0.2, 0.25) is 0 Å². The zero-order valence-electron chi connectivity index (χ0n) is 14.4. The lowest BCUT2D eigenvalue weighted by Crippen LogP contribution is -2.29. The number of anilines is 1. The molecule has 26 heavy (non-hydrogen) atoms. The number of aromatic nitrogens is 1. The number of amides is 1. The Morgan fingerprint density at radius 1 is 1.38 bits per heavy atom. The fourth-order valence-electron chi connectivity index (χ4n) is 2.91. The molecule has 1 aromatic carbocycles. The summed E-state index contributed by atoms with van der Waals surface area (Å²) in [5.74, 6) is -0.0985.